The molecular formula is C15H20N2O3. The summed E-state index contributed by atoms with van der Waals surface area (Å²) in [6.07, 6.45) is 3.15. The molecule has 0 amide bonds. The average Bonchev–Trinajstić information content (AvgIpc) is 2.92. The van der Waals surface area contributed by atoms with Crippen LogP contribution < -0.4 is 9.47 Å². The van der Waals surface area contributed by atoms with Crippen molar-refractivity contribution >= 4 is 0 Å². The molecule has 0 aliphatic heterocycles. The Hall–Kier alpha value is -2.01. The van der Waals surface area contributed by atoms with Gasteiger partial charge in [-0.2, -0.15) is 0 Å². The SMILES string of the molecule is CCn1ccnc1COc1ccc([C@@H](C)O)cc1OC. The Morgan fingerprint density at radius 1 is 1.35 bits per heavy atom. The van der Waals surface area contributed by atoms with Gasteiger partial charge < -0.3 is 19.1 Å². The lowest BCUT2D eigenvalue weighted by Crippen LogP contribution is -2.06. The van der Waals surface area contributed by atoms with Crippen LogP contribution in [0, 0.1) is 0 Å². The number of aliphatic hydroxyl groups is 1. The number of rotatable bonds is 6. The molecule has 0 bridgehead atoms. The Morgan fingerprint density at radius 2 is 2.15 bits per heavy atom. The first kappa shape index (κ1) is 14.4. The maximum absolute atomic E-state index is 9.57. The van der Waals surface area contributed by atoms with E-state index in [-0.39, 0.29) is 0 Å². The highest BCUT2D eigenvalue weighted by Crippen LogP contribution is 2.30. The number of hydrogen-bond acceptors (Lipinski definition) is 4. The van der Waals surface area contributed by atoms with Crippen molar-refractivity contribution in [3.05, 3.63) is 42.0 Å². The van der Waals surface area contributed by atoms with E-state index in [1.807, 2.05) is 16.8 Å². The molecule has 108 valence electrons. The predicted molar refractivity (Wildman–Crippen MR) is 75.9 cm³/mol. The van der Waals surface area contributed by atoms with Crippen LogP contribution >= 0.6 is 0 Å². The van der Waals surface area contributed by atoms with E-state index in [9.17, 15) is 5.11 Å². The molecule has 1 heterocycles. The highest BCUT2D eigenvalue weighted by molar-refractivity contribution is 5.43. The topological polar surface area (TPSA) is 56.5 Å². The zero-order chi connectivity index (χ0) is 14.5. The van der Waals surface area contributed by atoms with Crippen LogP contribution in [-0.4, -0.2) is 21.8 Å². The lowest BCUT2D eigenvalue weighted by molar-refractivity contribution is 0.198. The van der Waals surface area contributed by atoms with E-state index in [0.29, 0.717) is 18.1 Å². The van der Waals surface area contributed by atoms with Gasteiger partial charge in [-0.1, -0.05) is 6.07 Å². The van der Waals surface area contributed by atoms with E-state index in [2.05, 4.69) is 11.9 Å². The van der Waals surface area contributed by atoms with Gasteiger partial charge in [-0.3, -0.25) is 0 Å². The molecule has 0 saturated carbocycles. The van der Waals surface area contributed by atoms with Gasteiger partial charge in [0, 0.05) is 18.9 Å². The molecule has 1 atom stereocenters. The minimum absolute atomic E-state index is 0.380. The van der Waals surface area contributed by atoms with E-state index in [4.69, 9.17) is 9.47 Å². The third-order valence-corrected chi connectivity index (χ3v) is 3.17. The molecule has 5 heteroatoms. The van der Waals surface area contributed by atoms with Crippen molar-refractivity contribution in [1.29, 1.82) is 0 Å². The summed E-state index contributed by atoms with van der Waals surface area (Å²) in [5.74, 6) is 2.12. The largest absolute Gasteiger partial charge is 0.493 e. The summed E-state index contributed by atoms with van der Waals surface area (Å²) in [6.45, 7) is 5.01. The number of hydrogen-bond donors (Lipinski definition) is 1. The molecule has 5 nitrogen and oxygen atoms in total. The monoisotopic (exact) mass is 276 g/mol. The van der Waals surface area contributed by atoms with Crippen LogP contribution in [-0.2, 0) is 13.2 Å². The van der Waals surface area contributed by atoms with E-state index in [0.717, 1.165) is 17.9 Å². The van der Waals surface area contributed by atoms with Crippen molar-refractivity contribution in [1.82, 2.24) is 9.55 Å². The molecule has 0 unspecified atom stereocenters. The number of aromatic nitrogens is 2. The van der Waals surface area contributed by atoms with Crippen LogP contribution in [0.1, 0.15) is 31.3 Å². The highest BCUT2D eigenvalue weighted by Gasteiger charge is 2.10. The number of ether oxygens (including phenoxy) is 2. The van der Waals surface area contributed by atoms with Crippen molar-refractivity contribution < 1.29 is 14.6 Å². The Balaban J connectivity index is 2.13. The fourth-order valence-corrected chi connectivity index (χ4v) is 1.97. The average molecular weight is 276 g/mol. The van der Waals surface area contributed by atoms with Gasteiger partial charge in [-0.05, 0) is 31.5 Å². The minimum atomic E-state index is -0.531. The van der Waals surface area contributed by atoms with Crippen LogP contribution in [0.2, 0.25) is 0 Å². The van der Waals surface area contributed by atoms with Crippen LogP contribution in [0.4, 0.5) is 0 Å². The predicted octanol–water partition coefficient (Wildman–Crippen LogP) is 2.54. The number of aliphatic hydroxyl groups excluding tert-OH is 1. The zero-order valence-electron chi connectivity index (χ0n) is 12.0. The minimum Gasteiger partial charge on any atom is -0.493 e. The maximum Gasteiger partial charge on any atom is 0.161 e. The zero-order valence-corrected chi connectivity index (χ0v) is 12.0. The highest BCUT2D eigenvalue weighted by atomic mass is 16.5. The van der Waals surface area contributed by atoms with E-state index in [1.54, 1.807) is 32.4 Å². The Kier molecular flexibility index (Phi) is 4.63. The molecule has 1 aromatic carbocycles. The molecule has 2 aromatic rings. The maximum atomic E-state index is 9.57. The first-order chi connectivity index (χ1) is 9.65. The van der Waals surface area contributed by atoms with Gasteiger partial charge in [-0.15, -0.1) is 0 Å². The summed E-state index contributed by atoms with van der Waals surface area (Å²) in [5, 5.41) is 9.57. The second-order valence-corrected chi connectivity index (χ2v) is 4.50. The summed E-state index contributed by atoms with van der Waals surface area (Å²) in [6, 6.07) is 5.42. The van der Waals surface area contributed by atoms with Gasteiger partial charge in [0.15, 0.2) is 11.5 Å². The van der Waals surface area contributed by atoms with Gasteiger partial charge >= 0.3 is 0 Å². The third kappa shape index (κ3) is 3.11. The van der Waals surface area contributed by atoms with Crippen molar-refractivity contribution in [3.63, 3.8) is 0 Å². The number of imidazole rings is 1. The Morgan fingerprint density at radius 3 is 2.80 bits per heavy atom. The van der Waals surface area contributed by atoms with Gasteiger partial charge in [0.25, 0.3) is 0 Å². The molecule has 20 heavy (non-hydrogen) atoms. The lowest BCUT2D eigenvalue weighted by atomic mass is 10.1. The standard InChI is InChI=1S/C15H20N2O3/c1-4-17-8-7-16-15(17)10-20-13-6-5-12(11(2)18)9-14(13)19-3/h5-9,11,18H,4,10H2,1-3H3/t11-/m1/s1. The smallest absolute Gasteiger partial charge is 0.161 e. The van der Waals surface area contributed by atoms with Gasteiger partial charge in [0.2, 0.25) is 0 Å². The summed E-state index contributed by atoms with van der Waals surface area (Å²) in [4.78, 5) is 4.26. The molecule has 0 aliphatic carbocycles. The number of methoxy groups -OCH3 is 1. The lowest BCUT2D eigenvalue weighted by Gasteiger charge is -2.13. The summed E-state index contributed by atoms with van der Waals surface area (Å²) in [7, 11) is 1.58. The summed E-state index contributed by atoms with van der Waals surface area (Å²) in [5.41, 5.74) is 0.796. The van der Waals surface area contributed by atoms with Crippen LogP contribution in [0.3, 0.4) is 0 Å². The first-order valence-electron chi connectivity index (χ1n) is 6.64. The van der Waals surface area contributed by atoms with Crippen LogP contribution in [0.5, 0.6) is 11.5 Å². The van der Waals surface area contributed by atoms with Gasteiger partial charge in [0.1, 0.15) is 12.4 Å². The van der Waals surface area contributed by atoms with Gasteiger partial charge in [0.05, 0.1) is 13.2 Å². The second kappa shape index (κ2) is 6.43. The van der Waals surface area contributed by atoms with Crippen LogP contribution in [0.15, 0.2) is 30.6 Å². The summed E-state index contributed by atoms with van der Waals surface area (Å²) >= 11 is 0. The molecule has 1 aromatic heterocycles. The molecule has 0 spiro atoms. The van der Waals surface area contributed by atoms with Crippen molar-refractivity contribution in [3.8, 4) is 11.5 Å². The Bertz CT molecular complexity index is 564. The number of aryl methyl sites for hydroxylation is 1. The molecule has 2 rings (SSSR count). The third-order valence-electron chi connectivity index (χ3n) is 3.17. The van der Waals surface area contributed by atoms with Crippen molar-refractivity contribution in [2.75, 3.05) is 7.11 Å². The molecule has 1 N–H and O–H groups in total. The van der Waals surface area contributed by atoms with Crippen LogP contribution in [0.25, 0.3) is 0 Å². The normalized spacial score (nSPS) is 12.2. The van der Waals surface area contributed by atoms with Gasteiger partial charge in [-0.25, -0.2) is 4.98 Å². The molecule has 0 radical (unpaired) electrons. The summed E-state index contributed by atoms with van der Waals surface area (Å²) < 4.78 is 13.1. The Labute approximate surface area is 118 Å². The number of nitrogens with zero attached hydrogens (tertiary/aromatic N) is 2. The quantitative estimate of drug-likeness (QED) is 0.881. The fourth-order valence-electron chi connectivity index (χ4n) is 1.97. The van der Waals surface area contributed by atoms with E-state index < -0.39 is 6.10 Å². The molecule has 0 aliphatic rings. The molecular weight excluding hydrogens is 256 g/mol. The number of benzene rings is 1. The molecule has 0 fully saturated rings. The van der Waals surface area contributed by atoms with Crippen molar-refractivity contribution in [2.45, 2.75) is 33.1 Å². The van der Waals surface area contributed by atoms with E-state index >= 15 is 0 Å². The van der Waals surface area contributed by atoms with E-state index in [1.165, 1.54) is 0 Å². The van der Waals surface area contributed by atoms with Crippen molar-refractivity contribution in [2.24, 2.45) is 0 Å². The molecule has 0 saturated heterocycles. The fraction of sp³-hybridized carbons (Fsp3) is 0.400. The second-order valence-electron chi connectivity index (χ2n) is 4.50. The first-order valence-corrected chi connectivity index (χ1v) is 6.64.